The Labute approximate surface area is 101 Å². The summed E-state index contributed by atoms with van der Waals surface area (Å²) in [6.07, 6.45) is 2.00. The van der Waals surface area contributed by atoms with E-state index in [0.717, 1.165) is 6.41 Å². The van der Waals surface area contributed by atoms with Crippen molar-refractivity contribution in [3.05, 3.63) is 12.7 Å². The fourth-order valence-electron chi connectivity index (χ4n) is 1.59. The highest BCUT2D eigenvalue weighted by atomic mass is 32.2. The molecule has 0 aromatic heterocycles. The quantitative estimate of drug-likeness (QED) is 0.464. The van der Waals surface area contributed by atoms with Crippen LogP contribution in [-0.4, -0.2) is 68.2 Å². The van der Waals surface area contributed by atoms with Crippen molar-refractivity contribution in [1.29, 1.82) is 0 Å². The van der Waals surface area contributed by atoms with E-state index in [4.69, 9.17) is 0 Å². The Morgan fingerprint density at radius 1 is 1.24 bits per heavy atom. The lowest BCUT2D eigenvalue weighted by atomic mass is 10.3. The van der Waals surface area contributed by atoms with Gasteiger partial charge in [0.25, 0.3) is 0 Å². The normalized spacial score (nSPS) is 16.7. The second-order valence-corrected chi connectivity index (χ2v) is 5.97. The maximum atomic E-state index is 11.7. The van der Waals surface area contributed by atoms with Gasteiger partial charge < -0.3 is 9.80 Å². The summed E-state index contributed by atoms with van der Waals surface area (Å²) in [6.45, 7) is 5.03. The molecule has 0 aromatic carbocycles. The van der Waals surface area contributed by atoms with Gasteiger partial charge in [0.2, 0.25) is 12.3 Å². The summed E-state index contributed by atoms with van der Waals surface area (Å²) >= 11 is 0. The van der Waals surface area contributed by atoms with Crippen LogP contribution in [0.5, 0.6) is 0 Å². The average molecular weight is 260 g/mol. The Morgan fingerprint density at radius 2 is 1.82 bits per heavy atom. The number of nitrogens with zero attached hydrogens (tertiary/aromatic N) is 2. The highest BCUT2D eigenvalue weighted by Crippen LogP contribution is 2.02. The van der Waals surface area contributed by atoms with Crippen LogP contribution >= 0.6 is 0 Å². The molecule has 96 valence electrons. The maximum Gasteiger partial charge on any atom is 0.237 e. The number of carbonyl (C=O) groups excluding carboxylic acids is 2. The van der Waals surface area contributed by atoms with Crippen LogP contribution in [0, 0.1) is 0 Å². The molecule has 0 aromatic rings. The predicted molar refractivity (Wildman–Crippen MR) is 63.1 cm³/mol. The molecule has 6 nitrogen and oxygen atoms in total. The average Bonchev–Trinajstić information content (AvgIpc) is 2.28. The van der Waals surface area contributed by atoms with E-state index in [0.29, 0.717) is 26.2 Å². The fraction of sp³-hybridized carbons (Fsp3) is 0.600. The molecule has 0 unspecified atom stereocenters. The molecule has 1 rings (SSSR count). The predicted octanol–water partition coefficient (Wildman–Crippen LogP) is -1.11. The van der Waals surface area contributed by atoms with Crippen LogP contribution in [0.3, 0.4) is 0 Å². The first-order valence-corrected chi connectivity index (χ1v) is 7.09. The Balaban J connectivity index is 2.49. The Bertz CT molecular complexity index is 397. The summed E-state index contributed by atoms with van der Waals surface area (Å²) in [5, 5.41) is 0. The molecular formula is C10H16N2O4S. The molecule has 0 bridgehead atoms. The van der Waals surface area contributed by atoms with Gasteiger partial charge in [0.15, 0.2) is 9.84 Å². The van der Waals surface area contributed by atoms with E-state index in [1.54, 1.807) is 4.90 Å². The molecule has 0 radical (unpaired) electrons. The van der Waals surface area contributed by atoms with Crippen molar-refractivity contribution >= 4 is 22.2 Å². The number of carbonyl (C=O) groups is 2. The van der Waals surface area contributed by atoms with Crippen LogP contribution in [-0.2, 0) is 19.4 Å². The van der Waals surface area contributed by atoms with Crippen molar-refractivity contribution in [3.8, 4) is 0 Å². The molecule has 1 aliphatic rings. The van der Waals surface area contributed by atoms with Crippen molar-refractivity contribution < 1.29 is 18.0 Å². The summed E-state index contributed by atoms with van der Waals surface area (Å²) in [4.78, 5) is 25.2. The van der Waals surface area contributed by atoms with Crippen molar-refractivity contribution in [2.24, 2.45) is 0 Å². The zero-order valence-electron chi connectivity index (χ0n) is 9.54. The summed E-state index contributed by atoms with van der Waals surface area (Å²) in [7, 11) is -3.39. The monoisotopic (exact) mass is 260 g/mol. The zero-order chi connectivity index (χ0) is 12.9. The Morgan fingerprint density at radius 3 is 2.29 bits per heavy atom. The van der Waals surface area contributed by atoms with Crippen LogP contribution in [0.2, 0.25) is 0 Å². The molecule has 1 saturated heterocycles. The van der Waals surface area contributed by atoms with Gasteiger partial charge in [-0.05, 0) is 0 Å². The summed E-state index contributed by atoms with van der Waals surface area (Å²) in [5.74, 6) is -1.08. The van der Waals surface area contributed by atoms with E-state index in [9.17, 15) is 18.0 Å². The third-order valence-electron chi connectivity index (χ3n) is 2.53. The lowest BCUT2D eigenvalue weighted by Crippen LogP contribution is -2.49. The van der Waals surface area contributed by atoms with E-state index >= 15 is 0 Å². The highest BCUT2D eigenvalue weighted by Gasteiger charge is 2.24. The molecule has 1 aliphatic heterocycles. The van der Waals surface area contributed by atoms with E-state index in [2.05, 4.69) is 6.58 Å². The smallest absolute Gasteiger partial charge is 0.237 e. The largest absolute Gasteiger partial charge is 0.342 e. The molecular weight excluding hydrogens is 244 g/mol. The van der Waals surface area contributed by atoms with Gasteiger partial charge in [0.05, 0.1) is 5.75 Å². The number of hydrogen-bond acceptors (Lipinski definition) is 4. The van der Waals surface area contributed by atoms with Gasteiger partial charge in [-0.25, -0.2) is 8.42 Å². The van der Waals surface area contributed by atoms with Crippen LogP contribution in [0.1, 0.15) is 0 Å². The van der Waals surface area contributed by atoms with Gasteiger partial charge in [0, 0.05) is 26.2 Å². The second-order valence-electron chi connectivity index (χ2n) is 3.87. The third-order valence-corrected chi connectivity index (χ3v) is 3.96. The minimum Gasteiger partial charge on any atom is -0.342 e. The summed E-state index contributed by atoms with van der Waals surface area (Å²) < 4.78 is 22.8. The first kappa shape index (κ1) is 13.7. The minimum atomic E-state index is -3.39. The highest BCUT2D eigenvalue weighted by molar-refractivity contribution is 7.92. The van der Waals surface area contributed by atoms with Crippen LogP contribution in [0.4, 0.5) is 0 Å². The lowest BCUT2D eigenvalue weighted by molar-refractivity contribution is -0.132. The zero-order valence-corrected chi connectivity index (χ0v) is 10.4. The molecule has 0 aliphatic carbocycles. The van der Waals surface area contributed by atoms with E-state index in [-0.39, 0.29) is 5.75 Å². The van der Waals surface area contributed by atoms with Crippen LogP contribution in [0.15, 0.2) is 12.7 Å². The van der Waals surface area contributed by atoms with Gasteiger partial charge in [-0.1, -0.05) is 6.08 Å². The number of amides is 2. The van der Waals surface area contributed by atoms with Crippen LogP contribution < -0.4 is 0 Å². The summed E-state index contributed by atoms with van der Waals surface area (Å²) in [5.41, 5.74) is 0. The van der Waals surface area contributed by atoms with Crippen molar-refractivity contribution in [1.82, 2.24) is 9.80 Å². The molecule has 0 N–H and O–H groups in total. The van der Waals surface area contributed by atoms with Crippen molar-refractivity contribution in [2.45, 2.75) is 0 Å². The fourth-order valence-corrected chi connectivity index (χ4v) is 2.63. The Kier molecular flexibility index (Phi) is 4.68. The SMILES string of the molecule is C=CCS(=O)(=O)CC(=O)N1CCN(C=O)CC1. The molecule has 2 amide bonds. The van der Waals surface area contributed by atoms with E-state index < -0.39 is 21.5 Å². The molecule has 17 heavy (non-hydrogen) atoms. The third kappa shape index (κ3) is 4.18. The molecule has 0 spiro atoms. The van der Waals surface area contributed by atoms with Gasteiger partial charge in [-0.2, -0.15) is 0 Å². The molecule has 7 heteroatoms. The number of piperazine rings is 1. The lowest BCUT2D eigenvalue weighted by Gasteiger charge is -2.32. The van der Waals surface area contributed by atoms with Gasteiger partial charge in [-0.15, -0.1) is 6.58 Å². The number of sulfone groups is 1. The number of hydrogen-bond donors (Lipinski definition) is 0. The van der Waals surface area contributed by atoms with E-state index in [1.165, 1.54) is 11.0 Å². The van der Waals surface area contributed by atoms with Gasteiger partial charge >= 0.3 is 0 Å². The summed E-state index contributed by atoms with van der Waals surface area (Å²) in [6, 6.07) is 0. The first-order chi connectivity index (χ1) is 7.98. The minimum absolute atomic E-state index is 0.187. The topological polar surface area (TPSA) is 74.8 Å². The Hall–Kier alpha value is -1.37. The van der Waals surface area contributed by atoms with Crippen molar-refractivity contribution in [2.75, 3.05) is 37.7 Å². The first-order valence-electron chi connectivity index (χ1n) is 5.27. The maximum absolute atomic E-state index is 11.7. The van der Waals surface area contributed by atoms with Gasteiger partial charge in [-0.3, -0.25) is 9.59 Å². The molecule has 1 fully saturated rings. The molecule has 0 saturated carbocycles. The standard InChI is InChI=1S/C10H16N2O4S/c1-2-7-17(15,16)8-10(14)12-5-3-11(9-13)4-6-12/h2,9H,1,3-8H2. The second kappa shape index (κ2) is 5.81. The van der Waals surface area contributed by atoms with Crippen LogP contribution in [0.25, 0.3) is 0 Å². The van der Waals surface area contributed by atoms with E-state index in [1.807, 2.05) is 0 Å². The van der Waals surface area contributed by atoms with Gasteiger partial charge in [0.1, 0.15) is 5.75 Å². The molecule has 0 atom stereocenters. The molecule has 1 heterocycles. The number of rotatable bonds is 5. The van der Waals surface area contributed by atoms with Crippen molar-refractivity contribution in [3.63, 3.8) is 0 Å².